The van der Waals surface area contributed by atoms with E-state index in [1.807, 2.05) is 0 Å². The van der Waals surface area contributed by atoms with E-state index in [4.69, 9.17) is 38.4 Å². The van der Waals surface area contributed by atoms with Crippen molar-refractivity contribution in [1.29, 1.82) is 0 Å². The highest BCUT2D eigenvalue weighted by molar-refractivity contribution is 7.80. The molecule has 1 saturated heterocycles. The lowest BCUT2D eigenvalue weighted by Crippen LogP contribution is -2.54. The quantitative estimate of drug-likeness (QED) is 0.281. The highest BCUT2D eigenvalue weighted by Crippen LogP contribution is 2.37. The molecule has 3 rings (SSSR count). The molecule has 0 unspecified atom stereocenters. The van der Waals surface area contributed by atoms with Crippen LogP contribution in [0.3, 0.4) is 0 Å². The summed E-state index contributed by atoms with van der Waals surface area (Å²) in [5.41, 5.74) is 0.0839. The van der Waals surface area contributed by atoms with Gasteiger partial charge in [-0.1, -0.05) is 17.7 Å². The van der Waals surface area contributed by atoms with Crippen molar-refractivity contribution in [2.24, 2.45) is 0 Å². The molecular formula is C22H17ClN2O8S. The van der Waals surface area contributed by atoms with Crippen LogP contribution in [0.25, 0.3) is 6.08 Å². The van der Waals surface area contributed by atoms with Crippen LogP contribution in [0.4, 0.5) is 5.69 Å². The standard InChI is InChI=1S/C22H17ClN2O8S/c1-2-32-16-8-11(7-15(23)18(16)33-10-17(26)27)6-14-19(28)24-22(34)25(20(14)29)13-5-3-4-12(9-13)21(30)31/h3-9H,2,10H2,1H3,(H,26,27)(H,30,31)(H,24,28,34). The van der Waals surface area contributed by atoms with E-state index >= 15 is 0 Å². The number of nitrogens with zero attached hydrogens (tertiary/aromatic N) is 1. The number of thiocarbonyl (C=S) groups is 1. The summed E-state index contributed by atoms with van der Waals surface area (Å²) in [4.78, 5) is 48.9. The van der Waals surface area contributed by atoms with E-state index in [2.05, 4.69) is 5.32 Å². The molecule has 3 N–H and O–H groups in total. The van der Waals surface area contributed by atoms with Crippen molar-refractivity contribution in [2.75, 3.05) is 18.1 Å². The lowest BCUT2D eigenvalue weighted by atomic mass is 10.1. The Labute approximate surface area is 203 Å². The third-order valence-electron chi connectivity index (χ3n) is 4.44. The predicted molar refractivity (Wildman–Crippen MR) is 125 cm³/mol. The van der Waals surface area contributed by atoms with Crippen LogP contribution in [0.15, 0.2) is 42.0 Å². The fraction of sp³-hybridized carbons (Fsp3) is 0.136. The highest BCUT2D eigenvalue weighted by Gasteiger charge is 2.35. The SMILES string of the molecule is CCOc1cc(C=C2C(=O)NC(=S)N(c3cccc(C(=O)O)c3)C2=O)cc(Cl)c1OCC(=O)O. The fourth-order valence-corrected chi connectivity index (χ4v) is 3.60. The van der Waals surface area contributed by atoms with Crippen molar-refractivity contribution >= 4 is 64.4 Å². The van der Waals surface area contributed by atoms with Crippen LogP contribution in [0.1, 0.15) is 22.8 Å². The molecule has 0 saturated carbocycles. The first-order valence-electron chi connectivity index (χ1n) is 9.68. The summed E-state index contributed by atoms with van der Waals surface area (Å²) in [7, 11) is 0. The maximum absolute atomic E-state index is 13.2. The first-order valence-corrected chi connectivity index (χ1v) is 10.5. The minimum Gasteiger partial charge on any atom is -0.490 e. The van der Waals surface area contributed by atoms with Crippen LogP contribution in [-0.4, -0.2) is 52.3 Å². The van der Waals surface area contributed by atoms with Crippen LogP contribution >= 0.6 is 23.8 Å². The molecule has 0 aromatic heterocycles. The Kier molecular flexibility index (Phi) is 7.49. The third-order valence-corrected chi connectivity index (χ3v) is 5.00. The molecule has 34 heavy (non-hydrogen) atoms. The number of ether oxygens (including phenoxy) is 2. The van der Waals surface area contributed by atoms with Gasteiger partial charge in [-0.15, -0.1) is 0 Å². The summed E-state index contributed by atoms with van der Waals surface area (Å²) in [5.74, 6) is -3.83. The number of rotatable bonds is 8. The molecule has 0 spiro atoms. The van der Waals surface area contributed by atoms with E-state index in [1.165, 1.54) is 42.5 Å². The van der Waals surface area contributed by atoms with E-state index in [0.29, 0.717) is 5.56 Å². The summed E-state index contributed by atoms with van der Waals surface area (Å²) in [5, 5.41) is 20.3. The molecule has 1 fully saturated rings. The number of aromatic carboxylic acids is 1. The minimum absolute atomic E-state index is 0.000721. The monoisotopic (exact) mass is 504 g/mol. The van der Waals surface area contributed by atoms with Gasteiger partial charge in [0.15, 0.2) is 23.2 Å². The molecule has 0 aliphatic carbocycles. The average molecular weight is 505 g/mol. The molecular weight excluding hydrogens is 488 g/mol. The second-order valence-electron chi connectivity index (χ2n) is 6.76. The maximum Gasteiger partial charge on any atom is 0.341 e. The molecule has 1 aliphatic rings. The Balaban J connectivity index is 2.02. The largest absolute Gasteiger partial charge is 0.490 e. The van der Waals surface area contributed by atoms with Gasteiger partial charge in [0, 0.05) is 0 Å². The van der Waals surface area contributed by atoms with Crippen molar-refractivity contribution in [3.05, 3.63) is 58.1 Å². The molecule has 2 aromatic rings. The Morgan fingerprint density at radius 1 is 1.18 bits per heavy atom. The van der Waals surface area contributed by atoms with Gasteiger partial charge in [0.25, 0.3) is 11.8 Å². The summed E-state index contributed by atoms with van der Waals surface area (Å²) >= 11 is 11.4. The molecule has 2 aromatic carbocycles. The lowest BCUT2D eigenvalue weighted by Gasteiger charge is -2.29. The number of hydrogen-bond donors (Lipinski definition) is 3. The Hall–Kier alpha value is -3.96. The van der Waals surface area contributed by atoms with Crippen molar-refractivity contribution < 1.29 is 38.9 Å². The first kappa shape index (κ1) is 24.7. The van der Waals surface area contributed by atoms with Gasteiger partial charge in [0.1, 0.15) is 5.57 Å². The summed E-state index contributed by atoms with van der Waals surface area (Å²) in [6, 6.07) is 8.33. The van der Waals surface area contributed by atoms with E-state index in [-0.39, 0.29) is 45.1 Å². The fourth-order valence-electron chi connectivity index (χ4n) is 3.04. The first-order chi connectivity index (χ1) is 16.1. The molecule has 10 nitrogen and oxygen atoms in total. The summed E-state index contributed by atoms with van der Waals surface area (Å²) in [6.45, 7) is 1.26. The number of carboxylic acids is 2. The molecule has 0 radical (unpaired) electrons. The number of carboxylic acid groups (broad SMARTS) is 2. The van der Waals surface area contributed by atoms with E-state index in [9.17, 15) is 24.3 Å². The van der Waals surface area contributed by atoms with E-state index in [0.717, 1.165) is 4.90 Å². The third kappa shape index (κ3) is 5.33. The van der Waals surface area contributed by atoms with Crippen LogP contribution in [0, 0.1) is 0 Å². The Morgan fingerprint density at radius 3 is 2.56 bits per heavy atom. The second-order valence-corrected chi connectivity index (χ2v) is 7.55. The second kappa shape index (κ2) is 10.3. The number of anilines is 1. The molecule has 0 bridgehead atoms. The normalized spacial score (nSPS) is 14.7. The van der Waals surface area contributed by atoms with Crippen molar-refractivity contribution in [3.63, 3.8) is 0 Å². The number of carbonyl (C=O) groups excluding carboxylic acids is 2. The topological polar surface area (TPSA) is 142 Å². The van der Waals surface area contributed by atoms with Crippen LogP contribution in [0.2, 0.25) is 5.02 Å². The number of carbonyl (C=O) groups is 4. The molecule has 0 atom stereocenters. The van der Waals surface area contributed by atoms with Gasteiger partial charge in [0.05, 0.1) is 22.9 Å². The zero-order valence-electron chi connectivity index (χ0n) is 17.5. The van der Waals surface area contributed by atoms with Crippen molar-refractivity contribution in [3.8, 4) is 11.5 Å². The highest BCUT2D eigenvalue weighted by atomic mass is 35.5. The van der Waals surface area contributed by atoms with Crippen LogP contribution in [-0.2, 0) is 14.4 Å². The number of nitrogens with one attached hydrogen (secondary N) is 1. The van der Waals surface area contributed by atoms with Gasteiger partial charge in [-0.05, 0) is 61.1 Å². The van der Waals surface area contributed by atoms with Crippen molar-refractivity contribution in [1.82, 2.24) is 5.32 Å². The molecule has 2 amide bonds. The molecule has 1 aliphatic heterocycles. The van der Waals surface area contributed by atoms with Gasteiger partial charge < -0.3 is 19.7 Å². The van der Waals surface area contributed by atoms with E-state index < -0.39 is 30.4 Å². The zero-order valence-corrected chi connectivity index (χ0v) is 19.1. The van der Waals surface area contributed by atoms with Gasteiger partial charge >= 0.3 is 11.9 Å². The van der Waals surface area contributed by atoms with Gasteiger partial charge in [0.2, 0.25) is 0 Å². The van der Waals surface area contributed by atoms with Crippen molar-refractivity contribution in [2.45, 2.75) is 6.92 Å². The summed E-state index contributed by atoms with van der Waals surface area (Å²) < 4.78 is 10.7. The molecule has 12 heteroatoms. The zero-order chi connectivity index (χ0) is 25.0. The smallest absolute Gasteiger partial charge is 0.341 e. The molecule has 1 heterocycles. The van der Waals surface area contributed by atoms with Gasteiger partial charge in [-0.3, -0.25) is 19.8 Å². The average Bonchev–Trinajstić information content (AvgIpc) is 2.76. The number of halogens is 1. The van der Waals surface area contributed by atoms with Crippen LogP contribution < -0.4 is 19.7 Å². The van der Waals surface area contributed by atoms with Crippen LogP contribution in [0.5, 0.6) is 11.5 Å². The number of hydrogen-bond acceptors (Lipinski definition) is 7. The minimum atomic E-state index is -1.21. The Bertz CT molecular complexity index is 1240. The number of amides is 2. The maximum atomic E-state index is 13.2. The van der Waals surface area contributed by atoms with Gasteiger partial charge in [-0.2, -0.15) is 0 Å². The van der Waals surface area contributed by atoms with E-state index in [1.54, 1.807) is 6.92 Å². The lowest BCUT2D eigenvalue weighted by molar-refractivity contribution is -0.139. The molecule has 176 valence electrons. The Morgan fingerprint density at radius 2 is 1.91 bits per heavy atom. The van der Waals surface area contributed by atoms with Gasteiger partial charge in [-0.25, -0.2) is 9.59 Å². The number of aliphatic carboxylic acids is 1. The summed E-state index contributed by atoms with van der Waals surface area (Å²) in [6.07, 6.45) is 1.25. The predicted octanol–water partition coefficient (Wildman–Crippen LogP) is 2.73. The number of benzene rings is 2.